The standard InChI is InChI=1S/C19H26N2O3/c1-15-7-8-18(21(14-15)19(22)23)16-5-4-6-17(13-16)24-12-11-20-9-2-3-10-20/h4-6,8,13,15H,2-3,7,9-12,14H2,1H3,(H,22,23)/t15-/m0/s1. The van der Waals surface area contributed by atoms with E-state index in [1.807, 2.05) is 30.3 Å². The number of hydrogen-bond acceptors (Lipinski definition) is 3. The quantitative estimate of drug-likeness (QED) is 0.897. The first-order chi connectivity index (χ1) is 11.6. The minimum absolute atomic E-state index is 0.352. The van der Waals surface area contributed by atoms with Crippen molar-refractivity contribution in [2.45, 2.75) is 26.2 Å². The molecule has 2 aliphatic heterocycles. The maximum absolute atomic E-state index is 11.5. The van der Waals surface area contributed by atoms with Crippen LogP contribution in [0.3, 0.4) is 0 Å². The van der Waals surface area contributed by atoms with Gasteiger partial charge in [0.15, 0.2) is 0 Å². The van der Waals surface area contributed by atoms with Crippen molar-refractivity contribution in [1.82, 2.24) is 9.80 Å². The number of carbonyl (C=O) groups is 1. The van der Waals surface area contributed by atoms with Crippen LogP contribution in [-0.2, 0) is 0 Å². The van der Waals surface area contributed by atoms with Gasteiger partial charge in [0, 0.05) is 18.7 Å². The zero-order valence-corrected chi connectivity index (χ0v) is 14.3. The Morgan fingerprint density at radius 1 is 1.33 bits per heavy atom. The van der Waals surface area contributed by atoms with E-state index in [0.717, 1.165) is 30.0 Å². The molecule has 5 nitrogen and oxygen atoms in total. The zero-order valence-electron chi connectivity index (χ0n) is 14.3. The fourth-order valence-electron chi connectivity index (χ4n) is 3.41. The molecular weight excluding hydrogens is 304 g/mol. The van der Waals surface area contributed by atoms with Crippen LogP contribution in [0.2, 0.25) is 0 Å². The van der Waals surface area contributed by atoms with Gasteiger partial charge in [-0.1, -0.05) is 25.1 Å². The van der Waals surface area contributed by atoms with Gasteiger partial charge >= 0.3 is 6.09 Å². The number of hydrogen-bond donors (Lipinski definition) is 1. The Morgan fingerprint density at radius 3 is 2.88 bits per heavy atom. The lowest BCUT2D eigenvalue weighted by Gasteiger charge is -2.30. The van der Waals surface area contributed by atoms with E-state index in [0.29, 0.717) is 19.1 Å². The summed E-state index contributed by atoms with van der Waals surface area (Å²) in [6.45, 7) is 6.57. The van der Waals surface area contributed by atoms with Crippen molar-refractivity contribution < 1.29 is 14.6 Å². The van der Waals surface area contributed by atoms with Crippen molar-refractivity contribution in [3.05, 3.63) is 35.9 Å². The van der Waals surface area contributed by atoms with Crippen LogP contribution in [0.1, 0.15) is 31.7 Å². The molecule has 130 valence electrons. The number of nitrogens with zero attached hydrogens (tertiary/aromatic N) is 2. The lowest BCUT2D eigenvalue weighted by Crippen LogP contribution is -2.34. The van der Waals surface area contributed by atoms with Gasteiger partial charge in [0.1, 0.15) is 12.4 Å². The summed E-state index contributed by atoms with van der Waals surface area (Å²) in [6.07, 6.45) is 4.60. The van der Waals surface area contributed by atoms with Gasteiger partial charge in [0.05, 0.1) is 5.70 Å². The van der Waals surface area contributed by atoms with Crippen molar-refractivity contribution in [2.24, 2.45) is 5.92 Å². The predicted octanol–water partition coefficient (Wildman–Crippen LogP) is 3.52. The van der Waals surface area contributed by atoms with Gasteiger partial charge in [-0.2, -0.15) is 0 Å². The van der Waals surface area contributed by atoms with Crippen LogP contribution in [0.5, 0.6) is 5.75 Å². The molecule has 0 bridgehead atoms. The van der Waals surface area contributed by atoms with Crippen LogP contribution in [0.15, 0.2) is 30.3 Å². The summed E-state index contributed by atoms with van der Waals surface area (Å²) in [7, 11) is 0. The Morgan fingerprint density at radius 2 is 2.12 bits per heavy atom. The smallest absolute Gasteiger partial charge is 0.411 e. The highest BCUT2D eigenvalue weighted by Gasteiger charge is 2.24. The first kappa shape index (κ1) is 16.8. The Labute approximate surface area is 143 Å². The first-order valence-electron chi connectivity index (χ1n) is 8.79. The van der Waals surface area contributed by atoms with E-state index < -0.39 is 6.09 Å². The third kappa shape index (κ3) is 4.09. The van der Waals surface area contributed by atoms with Gasteiger partial charge in [0.2, 0.25) is 0 Å². The monoisotopic (exact) mass is 330 g/mol. The van der Waals surface area contributed by atoms with E-state index in [1.54, 1.807) is 0 Å². The molecule has 0 unspecified atom stereocenters. The molecule has 1 aromatic rings. The van der Waals surface area contributed by atoms with Crippen molar-refractivity contribution >= 4 is 11.8 Å². The molecule has 2 aliphatic rings. The van der Waals surface area contributed by atoms with Crippen LogP contribution in [-0.4, -0.2) is 53.8 Å². The summed E-state index contributed by atoms with van der Waals surface area (Å²) in [5, 5.41) is 9.47. The molecule has 0 spiro atoms. The number of rotatable bonds is 5. The van der Waals surface area contributed by atoms with Crippen molar-refractivity contribution in [3.63, 3.8) is 0 Å². The second-order valence-corrected chi connectivity index (χ2v) is 6.75. The lowest BCUT2D eigenvalue weighted by molar-refractivity contribution is 0.159. The van der Waals surface area contributed by atoms with Gasteiger partial charge in [-0.25, -0.2) is 4.79 Å². The third-order valence-electron chi connectivity index (χ3n) is 4.73. The average Bonchev–Trinajstić information content (AvgIpc) is 3.08. The number of likely N-dealkylation sites (tertiary alicyclic amines) is 1. The van der Waals surface area contributed by atoms with Crippen LogP contribution < -0.4 is 4.74 Å². The first-order valence-corrected chi connectivity index (χ1v) is 8.79. The highest BCUT2D eigenvalue weighted by molar-refractivity contribution is 5.81. The minimum atomic E-state index is -0.895. The second-order valence-electron chi connectivity index (χ2n) is 6.75. The molecular formula is C19H26N2O3. The van der Waals surface area contributed by atoms with Gasteiger partial charge < -0.3 is 9.84 Å². The molecule has 3 rings (SSSR count). The number of ether oxygens (including phenoxy) is 1. The molecule has 2 heterocycles. The summed E-state index contributed by atoms with van der Waals surface area (Å²) in [5.74, 6) is 1.15. The van der Waals surface area contributed by atoms with Crippen molar-refractivity contribution in [2.75, 3.05) is 32.8 Å². The topological polar surface area (TPSA) is 53.0 Å². The van der Waals surface area contributed by atoms with E-state index >= 15 is 0 Å². The number of carboxylic acid groups (broad SMARTS) is 1. The Bertz CT molecular complexity index is 608. The summed E-state index contributed by atoms with van der Waals surface area (Å²) < 4.78 is 5.88. The molecule has 24 heavy (non-hydrogen) atoms. The van der Waals surface area contributed by atoms with Crippen LogP contribution >= 0.6 is 0 Å². The Balaban J connectivity index is 1.66. The SMILES string of the molecule is C[C@H]1CC=C(c2cccc(OCCN3CCCC3)c2)N(C(=O)O)C1. The highest BCUT2D eigenvalue weighted by Crippen LogP contribution is 2.29. The van der Waals surface area contributed by atoms with E-state index in [1.165, 1.54) is 30.8 Å². The number of amides is 1. The summed E-state index contributed by atoms with van der Waals surface area (Å²) in [6, 6.07) is 7.76. The van der Waals surface area contributed by atoms with E-state index in [4.69, 9.17) is 4.74 Å². The summed E-state index contributed by atoms with van der Waals surface area (Å²) in [5.41, 5.74) is 1.67. The Hall–Kier alpha value is -2.01. The van der Waals surface area contributed by atoms with Crippen LogP contribution in [0, 0.1) is 5.92 Å². The number of benzene rings is 1. The highest BCUT2D eigenvalue weighted by atomic mass is 16.5. The zero-order chi connectivity index (χ0) is 16.9. The minimum Gasteiger partial charge on any atom is -0.492 e. The van der Waals surface area contributed by atoms with E-state index in [2.05, 4.69) is 11.8 Å². The van der Waals surface area contributed by atoms with Gasteiger partial charge in [-0.3, -0.25) is 9.80 Å². The maximum atomic E-state index is 11.5. The largest absolute Gasteiger partial charge is 0.492 e. The molecule has 0 aliphatic carbocycles. The molecule has 1 fully saturated rings. The predicted molar refractivity (Wildman–Crippen MR) is 94.1 cm³/mol. The Kier molecular flexibility index (Phi) is 5.41. The molecule has 1 atom stereocenters. The third-order valence-corrected chi connectivity index (χ3v) is 4.73. The molecule has 0 aromatic heterocycles. The molecule has 0 radical (unpaired) electrons. The molecule has 1 amide bonds. The second kappa shape index (κ2) is 7.71. The van der Waals surface area contributed by atoms with E-state index in [-0.39, 0.29) is 0 Å². The molecule has 0 saturated carbocycles. The van der Waals surface area contributed by atoms with Gasteiger partial charge in [-0.05, 0) is 50.4 Å². The van der Waals surface area contributed by atoms with Crippen LogP contribution in [0.25, 0.3) is 5.70 Å². The normalized spacial score (nSPS) is 21.6. The van der Waals surface area contributed by atoms with Gasteiger partial charge in [-0.15, -0.1) is 0 Å². The summed E-state index contributed by atoms with van der Waals surface area (Å²) >= 11 is 0. The maximum Gasteiger partial charge on any atom is 0.411 e. The summed E-state index contributed by atoms with van der Waals surface area (Å²) in [4.78, 5) is 15.4. The fraction of sp³-hybridized carbons (Fsp3) is 0.526. The van der Waals surface area contributed by atoms with Crippen LogP contribution in [0.4, 0.5) is 4.79 Å². The van der Waals surface area contributed by atoms with Crippen molar-refractivity contribution in [3.8, 4) is 5.75 Å². The average molecular weight is 330 g/mol. The lowest BCUT2D eigenvalue weighted by atomic mass is 9.98. The van der Waals surface area contributed by atoms with Crippen molar-refractivity contribution in [1.29, 1.82) is 0 Å². The molecule has 1 aromatic carbocycles. The fourth-order valence-corrected chi connectivity index (χ4v) is 3.41. The molecule has 5 heteroatoms. The molecule has 1 N–H and O–H groups in total. The van der Waals surface area contributed by atoms with Gasteiger partial charge in [0.25, 0.3) is 0 Å². The number of allylic oxidation sites excluding steroid dienone is 1. The molecule has 1 saturated heterocycles. The van der Waals surface area contributed by atoms with E-state index in [9.17, 15) is 9.90 Å².